The molecule has 2 rings (SSSR count). The van der Waals surface area contributed by atoms with E-state index in [-0.39, 0.29) is 5.95 Å². The average Bonchev–Trinajstić information content (AvgIpc) is 2.65. The second kappa shape index (κ2) is 4.36. The third-order valence-corrected chi connectivity index (χ3v) is 3.83. The number of nitrogens with zero attached hydrogens (tertiary/aromatic N) is 4. The normalized spacial score (nSPS) is 18.6. The van der Waals surface area contributed by atoms with Gasteiger partial charge in [-0.15, -0.1) is 0 Å². The molecule has 0 aliphatic carbocycles. The van der Waals surface area contributed by atoms with Crippen LogP contribution in [-0.2, 0) is 17.3 Å². The first kappa shape index (κ1) is 11.3. The highest BCUT2D eigenvalue weighted by molar-refractivity contribution is 7.90. The summed E-state index contributed by atoms with van der Waals surface area (Å²) in [4.78, 5) is 3.82. The van der Waals surface area contributed by atoms with Gasteiger partial charge in [0.1, 0.15) is 6.33 Å². The number of nitrogens with one attached hydrogen (secondary N) is 2. The lowest BCUT2D eigenvalue weighted by atomic mass is 10.4. The van der Waals surface area contributed by atoms with Crippen LogP contribution in [-0.4, -0.2) is 53.7 Å². The maximum Gasteiger partial charge on any atom is 0.304 e. The highest BCUT2D eigenvalue weighted by Crippen LogP contribution is 2.07. The second-order valence-electron chi connectivity index (χ2n) is 3.46. The Kier molecular flexibility index (Phi) is 3.08. The van der Waals surface area contributed by atoms with Gasteiger partial charge in [-0.2, -0.15) is 22.8 Å². The van der Waals surface area contributed by atoms with E-state index in [1.807, 2.05) is 0 Å². The molecule has 1 aliphatic rings. The van der Waals surface area contributed by atoms with Crippen LogP contribution in [0.2, 0.25) is 0 Å². The zero-order chi connectivity index (χ0) is 11.6. The molecule has 1 aromatic heterocycles. The fourth-order valence-corrected chi connectivity index (χ4v) is 2.66. The molecule has 0 atom stereocenters. The molecule has 0 amide bonds. The largest absolute Gasteiger partial charge is 0.314 e. The van der Waals surface area contributed by atoms with Gasteiger partial charge in [0.25, 0.3) is 0 Å². The third kappa shape index (κ3) is 2.31. The lowest BCUT2D eigenvalue weighted by molar-refractivity contribution is 0.362. The summed E-state index contributed by atoms with van der Waals surface area (Å²) in [5.41, 5.74) is 0. The average molecular weight is 246 g/mol. The van der Waals surface area contributed by atoms with Crippen molar-refractivity contribution in [3.8, 4) is 0 Å². The summed E-state index contributed by atoms with van der Waals surface area (Å²) >= 11 is 0. The van der Waals surface area contributed by atoms with Gasteiger partial charge in [-0.25, -0.2) is 9.40 Å². The Morgan fingerprint density at radius 1 is 1.44 bits per heavy atom. The zero-order valence-electron chi connectivity index (χ0n) is 8.92. The van der Waals surface area contributed by atoms with Crippen molar-refractivity contribution in [1.82, 2.24) is 24.4 Å². The highest BCUT2D eigenvalue weighted by atomic mass is 32.2. The molecular weight excluding hydrogens is 232 g/mol. The molecule has 0 bridgehead atoms. The van der Waals surface area contributed by atoms with Crippen molar-refractivity contribution < 1.29 is 8.42 Å². The Morgan fingerprint density at radius 2 is 2.12 bits per heavy atom. The van der Waals surface area contributed by atoms with E-state index in [1.54, 1.807) is 7.05 Å². The minimum absolute atomic E-state index is 0.221. The number of hydrogen-bond donors (Lipinski definition) is 2. The Hall–Kier alpha value is -1.19. The molecule has 1 fully saturated rings. The fraction of sp³-hybridized carbons (Fsp3) is 0.714. The number of piperazine rings is 1. The van der Waals surface area contributed by atoms with Crippen molar-refractivity contribution in [2.24, 2.45) is 7.05 Å². The van der Waals surface area contributed by atoms with E-state index in [0.717, 1.165) is 0 Å². The topological polar surface area (TPSA) is 92.1 Å². The SMILES string of the molecule is Cn1ncnc1NS(=O)(=O)N1CCNCC1. The summed E-state index contributed by atoms with van der Waals surface area (Å²) in [7, 11) is -1.88. The van der Waals surface area contributed by atoms with E-state index in [4.69, 9.17) is 0 Å². The standard InChI is InChI=1S/C7H14N6O2S/c1-12-7(9-6-10-12)11-16(14,15)13-4-2-8-3-5-13/h6,8H,2-5H2,1H3,(H,9,10,11). The van der Waals surface area contributed by atoms with Crippen LogP contribution >= 0.6 is 0 Å². The Balaban J connectivity index is 2.10. The predicted octanol–water partition coefficient (Wildman–Crippen LogP) is -1.62. The number of aromatic nitrogens is 3. The van der Waals surface area contributed by atoms with Crippen LogP contribution < -0.4 is 10.0 Å². The summed E-state index contributed by atoms with van der Waals surface area (Å²) in [5.74, 6) is 0.221. The lowest BCUT2D eigenvalue weighted by Gasteiger charge is -2.26. The van der Waals surface area contributed by atoms with Gasteiger partial charge < -0.3 is 5.32 Å². The van der Waals surface area contributed by atoms with Crippen molar-refractivity contribution >= 4 is 16.2 Å². The smallest absolute Gasteiger partial charge is 0.304 e. The maximum absolute atomic E-state index is 11.9. The van der Waals surface area contributed by atoms with Gasteiger partial charge in [0.05, 0.1) is 0 Å². The molecule has 1 aromatic rings. The van der Waals surface area contributed by atoms with Crippen LogP contribution in [0.3, 0.4) is 0 Å². The Labute approximate surface area is 93.8 Å². The molecule has 0 radical (unpaired) electrons. The minimum atomic E-state index is -3.51. The van der Waals surface area contributed by atoms with Gasteiger partial charge in [-0.3, -0.25) is 0 Å². The predicted molar refractivity (Wildman–Crippen MR) is 58.0 cm³/mol. The van der Waals surface area contributed by atoms with Crippen molar-refractivity contribution in [2.45, 2.75) is 0 Å². The van der Waals surface area contributed by atoms with Gasteiger partial charge in [0, 0.05) is 33.2 Å². The molecule has 16 heavy (non-hydrogen) atoms. The number of rotatable bonds is 3. The van der Waals surface area contributed by atoms with E-state index in [2.05, 4.69) is 20.1 Å². The molecular formula is C7H14N6O2S. The van der Waals surface area contributed by atoms with Crippen LogP contribution in [0.25, 0.3) is 0 Å². The summed E-state index contributed by atoms with van der Waals surface area (Å²) in [6.45, 7) is 2.26. The minimum Gasteiger partial charge on any atom is -0.314 e. The van der Waals surface area contributed by atoms with Crippen LogP contribution in [0, 0.1) is 0 Å². The molecule has 0 saturated carbocycles. The maximum atomic E-state index is 11.9. The van der Waals surface area contributed by atoms with Crippen LogP contribution in [0.1, 0.15) is 0 Å². The molecule has 0 aromatic carbocycles. The first-order valence-corrected chi connectivity index (χ1v) is 6.36. The van der Waals surface area contributed by atoms with E-state index in [9.17, 15) is 8.42 Å². The molecule has 90 valence electrons. The van der Waals surface area contributed by atoms with Gasteiger partial charge in [-0.1, -0.05) is 0 Å². The monoisotopic (exact) mass is 246 g/mol. The van der Waals surface area contributed by atoms with Gasteiger partial charge >= 0.3 is 10.2 Å². The van der Waals surface area contributed by atoms with E-state index >= 15 is 0 Å². The lowest BCUT2D eigenvalue weighted by Crippen LogP contribution is -2.48. The van der Waals surface area contributed by atoms with Crippen LogP contribution in [0.4, 0.5) is 5.95 Å². The van der Waals surface area contributed by atoms with Crippen molar-refractivity contribution in [1.29, 1.82) is 0 Å². The van der Waals surface area contributed by atoms with Crippen LogP contribution in [0.5, 0.6) is 0 Å². The van der Waals surface area contributed by atoms with Crippen molar-refractivity contribution in [3.05, 3.63) is 6.33 Å². The molecule has 0 unspecified atom stereocenters. The fourth-order valence-electron chi connectivity index (χ4n) is 1.45. The molecule has 8 nitrogen and oxygen atoms in total. The number of aryl methyl sites for hydroxylation is 1. The summed E-state index contributed by atoms with van der Waals surface area (Å²) in [5, 5.41) is 6.88. The Bertz CT molecular complexity index is 449. The number of hydrogen-bond acceptors (Lipinski definition) is 5. The number of anilines is 1. The van der Waals surface area contributed by atoms with Crippen molar-refractivity contribution in [2.75, 3.05) is 30.9 Å². The second-order valence-corrected chi connectivity index (χ2v) is 5.13. The van der Waals surface area contributed by atoms with Gasteiger partial charge in [0.2, 0.25) is 5.95 Å². The molecule has 1 aliphatic heterocycles. The Morgan fingerprint density at radius 3 is 2.69 bits per heavy atom. The summed E-state index contributed by atoms with van der Waals surface area (Å²) in [6, 6.07) is 0. The first-order chi connectivity index (χ1) is 7.59. The van der Waals surface area contributed by atoms with Gasteiger partial charge in [-0.05, 0) is 0 Å². The van der Waals surface area contributed by atoms with Crippen LogP contribution in [0.15, 0.2) is 6.33 Å². The van der Waals surface area contributed by atoms with E-state index in [0.29, 0.717) is 26.2 Å². The van der Waals surface area contributed by atoms with E-state index < -0.39 is 10.2 Å². The molecule has 0 spiro atoms. The molecule has 1 saturated heterocycles. The first-order valence-electron chi connectivity index (χ1n) is 4.92. The summed E-state index contributed by atoms with van der Waals surface area (Å²) < 4.78 is 29.0. The van der Waals surface area contributed by atoms with E-state index in [1.165, 1.54) is 15.3 Å². The quantitative estimate of drug-likeness (QED) is 0.668. The van der Waals surface area contributed by atoms with Crippen molar-refractivity contribution in [3.63, 3.8) is 0 Å². The molecule has 9 heteroatoms. The molecule has 2 N–H and O–H groups in total. The summed E-state index contributed by atoms with van der Waals surface area (Å²) in [6.07, 6.45) is 1.30. The highest BCUT2D eigenvalue weighted by Gasteiger charge is 2.24. The van der Waals surface area contributed by atoms with Gasteiger partial charge in [0.15, 0.2) is 0 Å². The zero-order valence-corrected chi connectivity index (χ0v) is 9.74. The molecule has 2 heterocycles. The third-order valence-electron chi connectivity index (χ3n) is 2.35.